The molecule has 8 aromatic carbocycles. The highest BCUT2D eigenvalue weighted by atomic mass is 15.2. The summed E-state index contributed by atoms with van der Waals surface area (Å²) in [4.78, 5) is 4.98. The maximum absolute atomic E-state index is 2.52. The van der Waals surface area contributed by atoms with Crippen LogP contribution in [0.3, 0.4) is 0 Å². The number of rotatable bonds is 4. The highest BCUT2D eigenvalue weighted by Gasteiger charge is 2.36. The van der Waals surface area contributed by atoms with Crippen molar-refractivity contribution in [2.75, 3.05) is 16.3 Å². The third kappa shape index (κ3) is 3.73. The van der Waals surface area contributed by atoms with Gasteiger partial charge in [0.05, 0.1) is 5.69 Å². The summed E-state index contributed by atoms with van der Waals surface area (Å²) in [6, 6.07) is 54.3. The molecule has 0 amide bonds. The van der Waals surface area contributed by atoms with E-state index in [-0.39, 0.29) is 5.41 Å². The SMILES string of the molecule is CC1(C)c2ccccc2-c2ccc(N(c3ccccc3)c3ccc4ccc5c(N6CCc7ccccc76)ccc6ccc3c4c65)cc21. The van der Waals surface area contributed by atoms with Crippen molar-refractivity contribution in [1.82, 2.24) is 0 Å². The number of nitrogens with zero attached hydrogens (tertiary/aromatic N) is 2. The van der Waals surface area contributed by atoms with Crippen LogP contribution in [0.5, 0.6) is 0 Å². The average molecular weight is 603 g/mol. The van der Waals surface area contributed by atoms with Crippen molar-refractivity contribution >= 4 is 60.8 Å². The molecule has 1 aliphatic carbocycles. The van der Waals surface area contributed by atoms with Crippen molar-refractivity contribution in [1.29, 1.82) is 0 Å². The van der Waals surface area contributed by atoms with Gasteiger partial charge in [0.1, 0.15) is 0 Å². The fourth-order valence-corrected chi connectivity index (χ4v) is 8.62. The molecule has 224 valence electrons. The Morgan fingerprint density at radius 2 is 1.21 bits per heavy atom. The van der Waals surface area contributed by atoms with Gasteiger partial charge in [-0.05, 0) is 98.2 Å². The molecular weight excluding hydrogens is 569 g/mol. The smallest absolute Gasteiger partial charge is 0.0540 e. The average Bonchev–Trinajstić information content (AvgIpc) is 3.64. The van der Waals surface area contributed by atoms with Gasteiger partial charge in [-0.2, -0.15) is 0 Å². The van der Waals surface area contributed by atoms with Gasteiger partial charge in [0.25, 0.3) is 0 Å². The Bertz CT molecular complexity index is 2510. The maximum Gasteiger partial charge on any atom is 0.0540 e. The highest BCUT2D eigenvalue weighted by Crippen LogP contribution is 2.52. The summed E-state index contributed by atoms with van der Waals surface area (Å²) in [5, 5.41) is 7.84. The molecule has 0 radical (unpaired) electrons. The van der Waals surface area contributed by atoms with E-state index < -0.39 is 0 Å². The van der Waals surface area contributed by atoms with Gasteiger partial charge in [-0.1, -0.05) is 117 Å². The summed E-state index contributed by atoms with van der Waals surface area (Å²) in [5.41, 5.74) is 13.0. The van der Waals surface area contributed by atoms with Crippen LogP contribution in [0.25, 0.3) is 43.4 Å². The molecule has 2 aliphatic rings. The fourth-order valence-electron chi connectivity index (χ4n) is 8.62. The van der Waals surface area contributed by atoms with E-state index in [1.807, 2.05) is 0 Å². The van der Waals surface area contributed by atoms with Gasteiger partial charge in [-0.3, -0.25) is 0 Å². The molecule has 0 N–H and O–H groups in total. The van der Waals surface area contributed by atoms with E-state index in [1.165, 1.54) is 82.9 Å². The number of benzene rings is 8. The highest BCUT2D eigenvalue weighted by molar-refractivity contribution is 6.28. The zero-order valence-corrected chi connectivity index (χ0v) is 26.7. The van der Waals surface area contributed by atoms with Crippen molar-refractivity contribution in [3.8, 4) is 11.1 Å². The first-order chi connectivity index (χ1) is 23.1. The van der Waals surface area contributed by atoms with E-state index in [1.54, 1.807) is 0 Å². The summed E-state index contributed by atoms with van der Waals surface area (Å²) >= 11 is 0. The van der Waals surface area contributed by atoms with Gasteiger partial charge < -0.3 is 9.80 Å². The van der Waals surface area contributed by atoms with Crippen molar-refractivity contribution < 1.29 is 0 Å². The number of hydrogen-bond donors (Lipinski definition) is 0. The lowest BCUT2D eigenvalue weighted by atomic mass is 9.82. The quantitative estimate of drug-likeness (QED) is 0.185. The summed E-state index contributed by atoms with van der Waals surface area (Å²) in [6.07, 6.45) is 1.08. The van der Waals surface area contributed by atoms with Crippen molar-refractivity contribution in [3.63, 3.8) is 0 Å². The van der Waals surface area contributed by atoms with Crippen molar-refractivity contribution in [3.05, 3.63) is 162 Å². The van der Waals surface area contributed by atoms with Crippen LogP contribution in [0, 0.1) is 0 Å². The van der Waals surface area contributed by atoms with Gasteiger partial charge in [0.2, 0.25) is 0 Å². The summed E-state index contributed by atoms with van der Waals surface area (Å²) in [6.45, 7) is 5.73. The zero-order chi connectivity index (χ0) is 31.3. The van der Waals surface area contributed by atoms with E-state index in [0.29, 0.717) is 0 Å². The summed E-state index contributed by atoms with van der Waals surface area (Å²) < 4.78 is 0. The standard InChI is InChI=1S/C45H34N2/c1-45(2)38-14-8-7-13-34(38)35-23-20-33(28-39(35)45)47(32-11-4-3-5-12-32)42-25-19-31-16-21-36-41(46-27-26-29-10-6-9-15-40(29)46)24-18-30-17-22-37(42)44(31)43(30)36/h3-25,28H,26-27H2,1-2H3. The first-order valence-corrected chi connectivity index (χ1v) is 16.7. The van der Waals surface area contributed by atoms with E-state index in [9.17, 15) is 0 Å². The lowest BCUT2D eigenvalue weighted by Gasteiger charge is -2.30. The fraction of sp³-hybridized carbons (Fsp3) is 0.111. The third-order valence-electron chi connectivity index (χ3n) is 10.9. The number of fused-ring (bicyclic) bond motifs is 4. The van der Waals surface area contributed by atoms with Gasteiger partial charge in [-0.25, -0.2) is 0 Å². The van der Waals surface area contributed by atoms with Crippen LogP contribution in [0.4, 0.5) is 28.4 Å². The Balaban J connectivity index is 1.21. The minimum atomic E-state index is -0.0719. The maximum atomic E-state index is 2.52. The Morgan fingerprint density at radius 3 is 2.09 bits per heavy atom. The molecule has 47 heavy (non-hydrogen) atoms. The lowest BCUT2D eigenvalue weighted by molar-refractivity contribution is 0.660. The monoisotopic (exact) mass is 602 g/mol. The Hall–Kier alpha value is -5.60. The first kappa shape index (κ1) is 26.6. The van der Waals surface area contributed by atoms with E-state index >= 15 is 0 Å². The van der Waals surface area contributed by atoms with Crippen LogP contribution in [0.1, 0.15) is 30.5 Å². The topological polar surface area (TPSA) is 6.48 Å². The number of hydrogen-bond acceptors (Lipinski definition) is 2. The van der Waals surface area contributed by atoms with Crippen LogP contribution in [0.15, 0.2) is 146 Å². The Morgan fingerprint density at radius 1 is 0.532 bits per heavy atom. The van der Waals surface area contributed by atoms with Crippen molar-refractivity contribution in [2.24, 2.45) is 0 Å². The largest absolute Gasteiger partial charge is 0.340 e. The molecule has 0 spiro atoms. The Labute approximate surface area is 275 Å². The second kappa shape index (κ2) is 9.70. The van der Waals surface area contributed by atoms with Gasteiger partial charge in [0, 0.05) is 45.5 Å². The van der Waals surface area contributed by atoms with Crippen LogP contribution >= 0.6 is 0 Å². The van der Waals surface area contributed by atoms with E-state index in [2.05, 4.69) is 169 Å². The van der Waals surface area contributed by atoms with Crippen LogP contribution < -0.4 is 9.80 Å². The van der Waals surface area contributed by atoms with E-state index in [4.69, 9.17) is 0 Å². The van der Waals surface area contributed by atoms with Crippen molar-refractivity contribution in [2.45, 2.75) is 25.7 Å². The molecule has 0 atom stereocenters. The lowest BCUT2D eigenvalue weighted by Crippen LogP contribution is -2.16. The Kier molecular flexibility index (Phi) is 5.49. The molecule has 0 unspecified atom stereocenters. The molecule has 1 heterocycles. The molecule has 1 aliphatic heterocycles. The van der Waals surface area contributed by atoms with E-state index in [0.717, 1.165) is 18.7 Å². The summed E-state index contributed by atoms with van der Waals surface area (Å²) in [7, 11) is 0. The molecule has 0 bridgehead atoms. The van der Waals surface area contributed by atoms with Crippen LogP contribution in [-0.4, -0.2) is 6.54 Å². The predicted octanol–water partition coefficient (Wildman–Crippen LogP) is 12.1. The molecule has 0 fully saturated rings. The second-order valence-electron chi connectivity index (χ2n) is 13.7. The molecule has 8 aromatic rings. The minimum Gasteiger partial charge on any atom is -0.340 e. The van der Waals surface area contributed by atoms with Gasteiger partial charge in [0.15, 0.2) is 0 Å². The number of anilines is 5. The molecular formula is C45H34N2. The molecule has 0 saturated heterocycles. The molecule has 0 aromatic heterocycles. The molecule has 0 saturated carbocycles. The number of para-hydroxylation sites is 2. The van der Waals surface area contributed by atoms with Gasteiger partial charge in [-0.15, -0.1) is 0 Å². The van der Waals surface area contributed by atoms with Crippen LogP contribution in [-0.2, 0) is 11.8 Å². The predicted molar refractivity (Wildman–Crippen MR) is 200 cm³/mol. The molecule has 2 nitrogen and oxygen atoms in total. The third-order valence-corrected chi connectivity index (χ3v) is 10.9. The zero-order valence-electron chi connectivity index (χ0n) is 26.7. The second-order valence-corrected chi connectivity index (χ2v) is 13.7. The first-order valence-electron chi connectivity index (χ1n) is 16.7. The normalized spacial score (nSPS) is 14.6. The molecule has 2 heteroatoms. The minimum absolute atomic E-state index is 0.0719. The van der Waals surface area contributed by atoms with Gasteiger partial charge >= 0.3 is 0 Å². The van der Waals surface area contributed by atoms with Crippen LogP contribution in [0.2, 0.25) is 0 Å². The molecule has 10 rings (SSSR count). The summed E-state index contributed by atoms with van der Waals surface area (Å²) in [5.74, 6) is 0.